The van der Waals surface area contributed by atoms with Crippen molar-refractivity contribution < 1.29 is 14.3 Å². The van der Waals surface area contributed by atoms with E-state index in [1.54, 1.807) is 0 Å². The topological polar surface area (TPSA) is 73.6 Å². The lowest BCUT2D eigenvalue weighted by atomic mass is 10.5. The molecule has 1 fully saturated rings. The Morgan fingerprint density at radius 3 is 2.90 bits per heavy atom. The summed E-state index contributed by atoms with van der Waals surface area (Å²) in [5.41, 5.74) is 4.84. The third-order valence-electron chi connectivity index (χ3n) is 1.12. The zero-order valence-corrected chi connectivity index (χ0v) is 5.50. The van der Waals surface area contributed by atoms with Crippen LogP contribution in [0.4, 0.5) is 4.79 Å². The van der Waals surface area contributed by atoms with Gasteiger partial charge in [0.2, 0.25) is 0 Å². The van der Waals surface area contributed by atoms with Crippen molar-refractivity contribution in [3.63, 3.8) is 0 Å². The molecular formula is C5H10N2O3. The molecule has 3 N–H and O–H groups in total. The Morgan fingerprint density at radius 1 is 1.60 bits per heavy atom. The lowest BCUT2D eigenvalue weighted by Gasteiger charge is -2.22. The summed E-state index contributed by atoms with van der Waals surface area (Å²) in [6, 6.07) is -0.587. The average molecular weight is 146 g/mol. The number of nitrogens with one attached hydrogen (secondary N) is 1. The maximum atomic E-state index is 10.2. The largest absolute Gasteiger partial charge is 0.374 e. The molecule has 0 aromatic rings. The van der Waals surface area contributed by atoms with E-state index in [9.17, 15) is 4.79 Å². The number of rotatable bonds is 1. The first-order chi connectivity index (χ1) is 4.79. The normalized spacial score (nSPS) is 25.8. The van der Waals surface area contributed by atoms with E-state index in [2.05, 4.69) is 5.32 Å². The molecule has 1 saturated heterocycles. The van der Waals surface area contributed by atoms with Crippen molar-refractivity contribution in [3.8, 4) is 0 Å². The molecule has 0 aliphatic carbocycles. The molecule has 2 amide bonds. The molecule has 0 aromatic heterocycles. The lowest BCUT2D eigenvalue weighted by Crippen LogP contribution is -2.45. The van der Waals surface area contributed by atoms with Crippen LogP contribution in [0.2, 0.25) is 0 Å². The minimum absolute atomic E-state index is 0.369. The Hall–Kier alpha value is -0.810. The van der Waals surface area contributed by atoms with E-state index in [0.717, 1.165) is 0 Å². The van der Waals surface area contributed by atoms with Gasteiger partial charge < -0.3 is 20.5 Å². The fraction of sp³-hybridized carbons (Fsp3) is 0.800. The van der Waals surface area contributed by atoms with E-state index in [0.29, 0.717) is 19.8 Å². The smallest absolute Gasteiger partial charge is 0.314 e. The van der Waals surface area contributed by atoms with Gasteiger partial charge >= 0.3 is 6.03 Å². The van der Waals surface area contributed by atoms with Gasteiger partial charge in [-0.15, -0.1) is 0 Å². The molecule has 1 heterocycles. The summed E-state index contributed by atoms with van der Waals surface area (Å²) >= 11 is 0. The van der Waals surface area contributed by atoms with Crippen LogP contribution >= 0.6 is 0 Å². The van der Waals surface area contributed by atoms with Crippen LogP contribution in [0.5, 0.6) is 0 Å². The predicted molar refractivity (Wildman–Crippen MR) is 33.3 cm³/mol. The van der Waals surface area contributed by atoms with Crippen LogP contribution in [0.1, 0.15) is 0 Å². The number of urea groups is 1. The van der Waals surface area contributed by atoms with Crippen molar-refractivity contribution in [3.05, 3.63) is 0 Å². The zero-order chi connectivity index (χ0) is 7.40. The van der Waals surface area contributed by atoms with Crippen molar-refractivity contribution in [2.45, 2.75) is 6.23 Å². The van der Waals surface area contributed by atoms with Gasteiger partial charge in [0, 0.05) is 0 Å². The molecule has 1 rings (SSSR count). The van der Waals surface area contributed by atoms with Crippen LogP contribution in [0.15, 0.2) is 0 Å². The Morgan fingerprint density at radius 2 is 2.40 bits per heavy atom. The minimum atomic E-state index is -0.587. The van der Waals surface area contributed by atoms with E-state index in [1.165, 1.54) is 0 Å². The van der Waals surface area contributed by atoms with Gasteiger partial charge in [0.15, 0.2) is 6.23 Å². The van der Waals surface area contributed by atoms with E-state index in [4.69, 9.17) is 15.2 Å². The second kappa shape index (κ2) is 3.38. The highest BCUT2D eigenvalue weighted by molar-refractivity contribution is 5.71. The van der Waals surface area contributed by atoms with Crippen LogP contribution in [-0.4, -0.2) is 32.1 Å². The summed E-state index contributed by atoms with van der Waals surface area (Å²) in [4.78, 5) is 10.2. The maximum absolute atomic E-state index is 10.2. The molecule has 1 aliphatic rings. The molecule has 0 aromatic carbocycles. The highest BCUT2D eigenvalue weighted by Crippen LogP contribution is 1.95. The van der Waals surface area contributed by atoms with E-state index >= 15 is 0 Å². The maximum Gasteiger partial charge on any atom is 0.314 e. The number of amides is 2. The first-order valence-corrected chi connectivity index (χ1v) is 3.04. The van der Waals surface area contributed by atoms with Crippen LogP contribution < -0.4 is 11.1 Å². The van der Waals surface area contributed by atoms with Gasteiger partial charge in [0.1, 0.15) is 0 Å². The van der Waals surface area contributed by atoms with Gasteiger partial charge in [-0.05, 0) is 0 Å². The van der Waals surface area contributed by atoms with Crippen molar-refractivity contribution in [2.75, 3.05) is 19.8 Å². The molecule has 58 valence electrons. The van der Waals surface area contributed by atoms with Gasteiger partial charge in [0.25, 0.3) is 0 Å². The van der Waals surface area contributed by atoms with Crippen LogP contribution in [0.3, 0.4) is 0 Å². The van der Waals surface area contributed by atoms with Crippen molar-refractivity contribution in [1.29, 1.82) is 0 Å². The molecule has 10 heavy (non-hydrogen) atoms. The van der Waals surface area contributed by atoms with Crippen LogP contribution in [0, 0.1) is 0 Å². The van der Waals surface area contributed by atoms with Gasteiger partial charge in [-0.1, -0.05) is 0 Å². The standard InChI is InChI=1S/C5H10N2O3/c6-5(8)7-4-3-9-1-2-10-4/h4H,1-3H2,(H3,6,7,8). The van der Waals surface area contributed by atoms with Crippen molar-refractivity contribution in [2.24, 2.45) is 5.73 Å². The number of ether oxygens (including phenoxy) is 2. The summed E-state index contributed by atoms with van der Waals surface area (Å²) in [7, 11) is 0. The summed E-state index contributed by atoms with van der Waals surface area (Å²) in [6.07, 6.45) is -0.369. The van der Waals surface area contributed by atoms with Gasteiger partial charge in [-0.2, -0.15) is 0 Å². The third-order valence-corrected chi connectivity index (χ3v) is 1.12. The molecule has 5 heteroatoms. The summed E-state index contributed by atoms with van der Waals surface area (Å²) < 4.78 is 10.0. The molecular weight excluding hydrogens is 136 g/mol. The third kappa shape index (κ3) is 2.20. The first-order valence-electron chi connectivity index (χ1n) is 3.04. The summed E-state index contributed by atoms with van der Waals surface area (Å²) in [5, 5.41) is 2.37. The average Bonchev–Trinajstić information content (AvgIpc) is 1.88. The van der Waals surface area contributed by atoms with E-state index in [-0.39, 0.29) is 6.23 Å². The predicted octanol–water partition coefficient (Wildman–Crippen LogP) is -0.972. The van der Waals surface area contributed by atoms with Gasteiger partial charge in [0.05, 0.1) is 19.8 Å². The van der Waals surface area contributed by atoms with E-state index < -0.39 is 6.03 Å². The lowest BCUT2D eigenvalue weighted by molar-refractivity contribution is -0.0955. The fourth-order valence-corrected chi connectivity index (χ4v) is 0.730. The number of nitrogens with two attached hydrogens (primary N) is 1. The second-order valence-corrected chi connectivity index (χ2v) is 1.94. The monoisotopic (exact) mass is 146 g/mol. The van der Waals surface area contributed by atoms with Crippen molar-refractivity contribution in [1.82, 2.24) is 5.32 Å². The molecule has 0 spiro atoms. The van der Waals surface area contributed by atoms with Gasteiger partial charge in [-0.25, -0.2) is 4.79 Å². The Balaban J connectivity index is 2.19. The number of hydrogen-bond donors (Lipinski definition) is 2. The Bertz CT molecular complexity index is 122. The quantitative estimate of drug-likeness (QED) is 0.499. The summed E-state index contributed by atoms with van der Waals surface area (Å²) in [5.74, 6) is 0. The molecule has 5 nitrogen and oxygen atoms in total. The Kier molecular flexibility index (Phi) is 2.47. The molecule has 0 radical (unpaired) electrons. The number of carbonyl (C=O) groups excluding carboxylic acids is 1. The van der Waals surface area contributed by atoms with Crippen LogP contribution in [0.25, 0.3) is 0 Å². The molecule has 0 bridgehead atoms. The first kappa shape index (κ1) is 7.30. The highest BCUT2D eigenvalue weighted by atomic mass is 16.6. The number of carbonyl (C=O) groups is 1. The van der Waals surface area contributed by atoms with Crippen molar-refractivity contribution >= 4 is 6.03 Å². The van der Waals surface area contributed by atoms with E-state index in [1.807, 2.05) is 0 Å². The SMILES string of the molecule is NC(=O)NC1COCCO1. The molecule has 1 aliphatic heterocycles. The minimum Gasteiger partial charge on any atom is -0.374 e. The number of hydrogen-bond acceptors (Lipinski definition) is 3. The second-order valence-electron chi connectivity index (χ2n) is 1.94. The van der Waals surface area contributed by atoms with Crippen LogP contribution in [-0.2, 0) is 9.47 Å². The number of primary amides is 1. The zero-order valence-electron chi connectivity index (χ0n) is 5.50. The Labute approximate surface area is 58.5 Å². The summed E-state index contributed by atoms with van der Waals surface area (Å²) in [6.45, 7) is 1.46. The fourth-order valence-electron chi connectivity index (χ4n) is 0.730. The molecule has 0 saturated carbocycles. The molecule has 1 atom stereocenters. The van der Waals surface area contributed by atoms with Gasteiger partial charge in [-0.3, -0.25) is 0 Å². The molecule has 1 unspecified atom stereocenters. The highest BCUT2D eigenvalue weighted by Gasteiger charge is 2.14.